The van der Waals surface area contributed by atoms with Crippen LogP contribution >= 0.6 is 0 Å². The fourth-order valence-electron chi connectivity index (χ4n) is 10.1. The topological polar surface area (TPSA) is 189 Å². The molecule has 360 valence electrons. The first-order valence-corrected chi connectivity index (χ1v) is 24.6. The van der Waals surface area contributed by atoms with Gasteiger partial charge in [-0.15, -0.1) is 0 Å². The van der Waals surface area contributed by atoms with Crippen LogP contribution in [-0.2, 0) is 14.3 Å². The summed E-state index contributed by atoms with van der Waals surface area (Å²) in [6.45, 7) is 8.32. The molecule has 4 aliphatic rings. The summed E-state index contributed by atoms with van der Waals surface area (Å²) in [4.78, 5) is 66.4. The van der Waals surface area contributed by atoms with Gasteiger partial charge < -0.3 is 38.5 Å². The van der Waals surface area contributed by atoms with Gasteiger partial charge in [0, 0.05) is 50.1 Å². The standard InChI is InChI=1S/C26H44N4O4.C22H36N4O4/c1-26(2,3)33-22(31)18-20(13-9-12-19-10-7-6-8-11-19)24-27-23(28-34-24)25(32)30-16-14-21(15-17-30)29(4)5;1-25(2)18-11-13-26(14-12-18)22(29)20-23-21(30-24-20)17(15-19(27)28)10-6-9-16-7-4-3-5-8-16/h19-21H,6-18H2,1-5H3;16-18H,3-15H2,1-2H3,(H,27,28)/t20-;17-/m11/s1. The molecule has 2 aliphatic carbocycles. The van der Waals surface area contributed by atoms with Crippen LogP contribution in [0.2, 0.25) is 0 Å². The third kappa shape index (κ3) is 16.5. The van der Waals surface area contributed by atoms with Crippen LogP contribution in [0.1, 0.15) is 207 Å². The molecule has 0 bridgehead atoms. The molecule has 2 saturated heterocycles. The highest BCUT2D eigenvalue weighted by molar-refractivity contribution is 5.91. The van der Waals surface area contributed by atoms with E-state index in [2.05, 4.69) is 58.3 Å². The van der Waals surface area contributed by atoms with Crippen molar-refractivity contribution < 1.29 is 38.1 Å². The fourth-order valence-corrected chi connectivity index (χ4v) is 10.1. The monoisotopic (exact) mass is 897 g/mol. The molecule has 2 aromatic heterocycles. The molecule has 0 radical (unpaired) electrons. The molecule has 64 heavy (non-hydrogen) atoms. The lowest BCUT2D eigenvalue weighted by Gasteiger charge is -2.34. The Hall–Kier alpha value is -3.92. The van der Waals surface area contributed by atoms with Crippen molar-refractivity contribution in [3.8, 4) is 0 Å². The minimum atomic E-state index is -0.880. The third-order valence-corrected chi connectivity index (χ3v) is 14.0. The van der Waals surface area contributed by atoms with E-state index >= 15 is 0 Å². The van der Waals surface area contributed by atoms with Crippen molar-refractivity contribution in [2.75, 3.05) is 54.4 Å². The van der Waals surface area contributed by atoms with Crippen molar-refractivity contribution in [1.29, 1.82) is 0 Å². The first-order valence-electron chi connectivity index (χ1n) is 24.6. The predicted molar refractivity (Wildman–Crippen MR) is 243 cm³/mol. The Morgan fingerprint density at radius 1 is 0.641 bits per heavy atom. The third-order valence-electron chi connectivity index (χ3n) is 14.0. The summed E-state index contributed by atoms with van der Waals surface area (Å²) < 4.78 is 16.5. The summed E-state index contributed by atoms with van der Waals surface area (Å²) in [5.74, 6) is 0.219. The first kappa shape index (κ1) is 51.1. The molecule has 0 aromatic carbocycles. The van der Waals surface area contributed by atoms with Crippen molar-refractivity contribution in [3.05, 3.63) is 23.4 Å². The molecular formula is C48H80N8O8. The van der Waals surface area contributed by atoms with E-state index in [0.717, 1.165) is 69.6 Å². The van der Waals surface area contributed by atoms with Gasteiger partial charge in [-0.2, -0.15) is 9.97 Å². The molecule has 4 fully saturated rings. The quantitative estimate of drug-likeness (QED) is 0.141. The van der Waals surface area contributed by atoms with Gasteiger partial charge in [0.1, 0.15) is 5.60 Å². The molecule has 16 heteroatoms. The number of esters is 1. The summed E-state index contributed by atoms with van der Waals surface area (Å²) in [5, 5.41) is 17.2. The van der Waals surface area contributed by atoms with E-state index in [1.54, 1.807) is 9.80 Å². The predicted octanol–water partition coefficient (Wildman–Crippen LogP) is 8.35. The van der Waals surface area contributed by atoms with Crippen molar-refractivity contribution in [1.82, 2.24) is 39.9 Å². The fraction of sp³-hybridized carbons (Fsp3) is 0.833. The van der Waals surface area contributed by atoms with E-state index in [0.29, 0.717) is 50.6 Å². The number of carboxylic acid groups (broad SMARTS) is 1. The maximum absolute atomic E-state index is 13.0. The molecule has 2 atom stereocenters. The van der Waals surface area contributed by atoms with E-state index in [4.69, 9.17) is 13.8 Å². The molecule has 4 heterocycles. The minimum absolute atomic E-state index is 0.0469. The number of likely N-dealkylation sites (tertiary alicyclic amines) is 2. The van der Waals surface area contributed by atoms with Crippen LogP contribution < -0.4 is 0 Å². The molecule has 2 saturated carbocycles. The number of ether oxygens (including phenoxy) is 1. The molecule has 2 aromatic rings. The normalized spacial score (nSPS) is 19.6. The zero-order valence-corrected chi connectivity index (χ0v) is 40.2. The van der Waals surface area contributed by atoms with Crippen LogP contribution in [0, 0.1) is 11.8 Å². The summed E-state index contributed by atoms with van der Waals surface area (Å²) in [7, 11) is 8.27. The summed E-state index contributed by atoms with van der Waals surface area (Å²) in [6.07, 6.45) is 22.7. The SMILES string of the molecule is CN(C)C1CCN(C(=O)c2noc([C@H](CCCC3CCCCC3)CC(=O)O)n2)CC1.CN(C)C1CCN(C(=O)c2noc([C@H](CCCC3CCCCC3)CC(=O)OC(C)(C)C)n2)CC1. The van der Waals surface area contributed by atoms with Crippen LogP contribution in [0.5, 0.6) is 0 Å². The number of rotatable bonds is 18. The number of carbonyl (C=O) groups is 4. The van der Waals surface area contributed by atoms with Gasteiger partial charge in [0.15, 0.2) is 0 Å². The second-order valence-corrected chi connectivity index (χ2v) is 20.5. The number of amides is 2. The maximum atomic E-state index is 13.0. The van der Waals surface area contributed by atoms with Gasteiger partial charge in [-0.3, -0.25) is 19.2 Å². The maximum Gasteiger partial charge on any atom is 0.307 e. The Bertz CT molecular complexity index is 1730. The molecule has 6 rings (SSSR count). The highest BCUT2D eigenvalue weighted by Gasteiger charge is 2.32. The number of hydrogen-bond acceptors (Lipinski definition) is 13. The van der Waals surface area contributed by atoms with Crippen LogP contribution in [0.25, 0.3) is 0 Å². The van der Waals surface area contributed by atoms with Gasteiger partial charge in [-0.25, -0.2) is 0 Å². The van der Waals surface area contributed by atoms with E-state index in [-0.39, 0.29) is 60.0 Å². The Morgan fingerprint density at radius 2 is 1.03 bits per heavy atom. The number of aliphatic carboxylic acids is 1. The van der Waals surface area contributed by atoms with Crippen molar-refractivity contribution in [2.24, 2.45) is 11.8 Å². The lowest BCUT2D eigenvalue weighted by Crippen LogP contribution is -2.44. The van der Waals surface area contributed by atoms with Gasteiger partial charge in [0.25, 0.3) is 23.5 Å². The van der Waals surface area contributed by atoms with Gasteiger partial charge >= 0.3 is 11.9 Å². The zero-order valence-electron chi connectivity index (χ0n) is 40.2. The first-order chi connectivity index (χ1) is 30.6. The summed E-state index contributed by atoms with van der Waals surface area (Å²) in [5.41, 5.74) is -0.543. The molecule has 0 unspecified atom stereocenters. The Labute approximate surface area is 381 Å². The minimum Gasteiger partial charge on any atom is -0.481 e. The second kappa shape index (κ2) is 25.1. The van der Waals surface area contributed by atoms with E-state index in [1.165, 1.54) is 64.2 Å². The van der Waals surface area contributed by atoms with Crippen LogP contribution in [0.3, 0.4) is 0 Å². The Morgan fingerprint density at radius 3 is 1.39 bits per heavy atom. The molecule has 2 aliphatic heterocycles. The van der Waals surface area contributed by atoms with E-state index in [1.807, 2.05) is 20.8 Å². The van der Waals surface area contributed by atoms with Crippen LogP contribution in [0.15, 0.2) is 9.05 Å². The largest absolute Gasteiger partial charge is 0.481 e. The molecule has 1 N–H and O–H groups in total. The smallest absolute Gasteiger partial charge is 0.307 e. The summed E-state index contributed by atoms with van der Waals surface area (Å²) in [6, 6.07) is 0.978. The van der Waals surface area contributed by atoms with E-state index < -0.39 is 11.6 Å². The highest BCUT2D eigenvalue weighted by Crippen LogP contribution is 2.33. The van der Waals surface area contributed by atoms with Crippen LogP contribution in [-0.4, -0.2) is 141 Å². The number of hydrogen-bond donors (Lipinski definition) is 1. The zero-order chi connectivity index (χ0) is 46.2. The number of aromatic nitrogens is 4. The number of nitrogens with zero attached hydrogens (tertiary/aromatic N) is 8. The van der Waals surface area contributed by atoms with Crippen molar-refractivity contribution in [2.45, 2.75) is 192 Å². The molecule has 2 amide bonds. The number of carbonyl (C=O) groups excluding carboxylic acids is 3. The van der Waals surface area contributed by atoms with Gasteiger partial charge in [0.05, 0.1) is 12.8 Å². The van der Waals surface area contributed by atoms with Crippen molar-refractivity contribution in [3.63, 3.8) is 0 Å². The Balaban J connectivity index is 0.000000243. The summed E-state index contributed by atoms with van der Waals surface area (Å²) >= 11 is 0. The molecule has 0 spiro atoms. The average molecular weight is 897 g/mol. The van der Waals surface area contributed by atoms with E-state index in [9.17, 15) is 24.3 Å². The Kier molecular flexibility index (Phi) is 20.0. The highest BCUT2D eigenvalue weighted by atomic mass is 16.6. The number of carboxylic acids is 1. The van der Waals surface area contributed by atoms with Gasteiger partial charge in [0.2, 0.25) is 11.8 Å². The lowest BCUT2D eigenvalue weighted by atomic mass is 9.84. The average Bonchev–Trinajstić information content (AvgIpc) is 3.97. The van der Waals surface area contributed by atoms with Crippen molar-refractivity contribution >= 4 is 23.8 Å². The molecular weight excluding hydrogens is 817 g/mol. The number of piperidine rings is 2. The van der Waals surface area contributed by atoms with Gasteiger partial charge in [-0.1, -0.05) is 100 Å². The molecule has 16 nitrogen and oxygen atoms in total. The van der Waals surface area contributed by atoms with Gasteiger partial charge in [-0.05, 0) is 99.3 Å². The lowest BCUT2D eigenvalue weighted by molar-refractivity contribution is -0.155. The second-order valence-electron chi connectivity index (χ2n) is 20.5. The van der Waals surface area contributed by atoms with Crippen LogP contribution in [0.4, 0.5) is 0 Å².